The van der Waals surface area contributed by atoms with Gasteiger partial charge >= 0.3 is 6.09 Å². The number of carbonyl (C=O) groups is 1. The highest BCUT2D eigenvalue weighted by atomic mass is 16.6. The average Bonchev–Trinajstić information content (AvgIpc) is 2.68. The fourth-order valence-corrected chi connectivity index (χ4v) is 2.82. The number of aromatic nitrogens is 3. The molecule has 0 spiro atoms. The number of piperidine rings is 1. The highest BCUT2D eigenvalue weighted by molar-refractivity contribution is 5.67. The molecule has 0 bridgehead atoms. The molecule has 0 aromatic carbocycles. The van der Waals surface area contributed by atoms with E-state index in [1.807, 2.05) is 25.1 Å². The molecule has 0 saturated carbocycles. The van der Waals surface area contributed by atoms with Crippen molar-refractivity contribution in [2.24, 2.45) is 0 Å². The molecular weight excluding hydrogens is 332 g/mol. The monoisotopic (exact) mass is 356 g/mol. The Bertz CT molecular complexity index is 704. The van der Waals surface area contributed by atoms with Crippen LogP contribution in [0.3, 0.4) is 0 Å². The largest absolute Gasteiger partial charge is 0.450 e. The van der Waals surface area contributed by atoms with Gasteiger partial charge in [0.25, 0.3) is 0 Å². The SMILES string of the molecule is CCOC(=O)N1CCC(Nc2nccc(NCc3ccncc3)n2)CC1. The van der Waals surface area contributed by atoms with Crippen molar-refractivity contribution in [3.05, 3.63) is 42.4 Å². The van der Waals surface area contributed by atoms with Crippen molar-refractivity contribution in [2.45, 2.75) is 32.4 Å². The lowest BCUT2D eigenvalue weighted by Crippen LogP contribution is -2.42. The molecule has 1 aliphatic heterocycles. The lowest BCUT2D eigenvalue weighted by atomic mass is 10.1. The van der Waals surface area contributed by atoms with E-state index in [2.05, 4.69) is 25.6 Å². The third-order valence-electron chi connectivity index (χ3n) is 4.23. The molecule has 0 unspecified atom stereocenters. The van der Waals surface area contributed by atoms with Crippen molar-refractivity contribution in [2.75, 3.05) is 30.3 Å². The van der Waals surface area contributed by atoms with Gasteiger partial charge in [0.1, 0.15) is 5.82 Å². The van der Waals surface area contributed by atoms with E-state index in [-0.39, 0.29) is 12.1 Å². The molecule has 2 aromatic rings. The van der Waals surface area contributed by atoms with Crippen molar-refractivity contribution in [1.29, 1.82) is 0 Å². The Hall–Kier alpha value is -2.90. The molecule has 1 amide bonds. The van der Waals surface area contributed by atoms with Gasteiger partial charge in [-0.25, -0.2) is 9.78 Å². The number of hydrogen-bond acceptors (Lipinski definition) is 7. The van der Waals surface area contributed by atoms with E-state index in [1.54, 1.807) is 23.5 Å². The molecule has 1 saturated heterocycles. The average molecular weight is 356 g/mol. The van der Waals surface area contributed by atoms with Crippen LogP contribution >= 0.6 is 0 Å². The summed E-state index contributed by atoms with van der Waals surface area (Å²) in [6, 6.07) is 6.02. The lowest BCUT2D eigenvalue weighted by Gasteiger charge is -2.31. The molecule has 0 atom stereocenters. The number of amides is 1. The Morgan fingerprint density at radius 2 is 2.00 bits per heavy atom. The highest BCUT2D eigenvalue weighted by Gasteiger charge is 2.23. The number of likely N-dealkylation sites (tertiary alicyclic amines) is 1. The molecule has 0 aliphatic carbocycles. The summed E-state index contributed by atoms with van der Waals surface area (Å²) in [5, 5.41) is 6.65. The number of nitrogens with zero attached hydrogens (tertiary/aromatic N) is 4. The van der Waals surface area contributed by atoms with Gasteiger partial charge in [-0.3, -0.25) is 4.98 Å². The number of rotatable bonds is 6. The summed E-state index contributed by atoms with van der Waals surface area (Å²) in [6.45, 7) is 4.26. The minimum atomic E-state index is -0.232. The van der Waals surface area contributed by atoms with Gasteiger partial charge in [0, 0.05) is 44.3 Å². The van der Waals surface area contributed by atoms with Crippen LogP contribution in [0.1, 0.15) is 25.3 Å². The quantitative estimate of drug-likeness (QED) is 0.821. The number of anilines is 2. The van der Waals surface area contributed by atoms with E-state index < -0.39 is 0 Å². The maximum Gasteiger partial charge on any atom is 0.409 e. The molecule has 0 radical (unpaired) electrons. The van der Waals surface area contributed by atoms with Gasteiger partial charge < -0.3 is 20.3 Å². The summed E-state index contributed by atoms with van der Waals surface area (Å²) < 4.78 is 5.04. The predicted octanol–water partition coefficient (Wildman–Crippen LogP) is 2.52. The van der Waals surface area contributed by atoms with E-state index in [9.17, 15) is 4.79 Å². The van der Waals surface area contributed by atoms with E-state index in [4.69, 9.17) is 4.74 Å². The van der Waals surface area contributed by atoms with Gasteiger partial charge in [-0.05, 0) is 43.5 Å². The van der Waals surface area contributed by atoms with E-state index >= 15 is 0 Å². The first kappa shape index (κ1) is 17.9. The maximum atomic E-state index is 11.7. The van der Waals surface area contributed by atoms with Gasteiger partial charge in [-0.1, -0.05) is 0 Å². The summed E-state index contributed by atoms with van der Waals surface area (Å²) in [5.74, 6) is 1.36. The van der Waals surface area contributed by atoms with Crippen molar-refractivity contribution >= 4 is 17.9 Å². The van der Waals surface area contributed by atoms with E-state index in [1.165, 1.54) is 0 Å². The van der Waals surface area contributed by atoms with Crippen LogP contribution in [0, 0.1) is 0 Å². The standard InChI is InChI=1S/C18H24N6O2/c1-2-26-18(25)24-11-6-15(7-12-24)22-17-20-10-5-16(23-17)21-13-14-3-8-19-9-4-14/h3-5,8-10,15H,2,6-7,11-13H2,1H3,(H2,20,21,22,23). The van der Waals surface area contributed by atoms with Crippen molar-refractivity contribution < 1.29 is 9.53 Å². The molecule has 138 valence electrons. The first-order chi connectivity index (χ1) is 12.7. The molecule has 2 N–H and O–H groups in total. The van der Waals surface area contributed by atoms with Crippen LogP contribution in [0.15, 0.2) is 36.8 Å². The third kappa shape index (κ3) is 5.05. The van der Waals surface area contributed by atoms with Crippen LogP contribution in [0.25, 0.3) is 0 Å². The fourth-order valence-electron chi connectivity index (χ4n) is 2.82. The third-order valence-corrected chi connectivity index (χ3v) is 4.23. The summed E-state index contributed by atoms with van der Waals surface area (Å²) in [7, 11) is 0. The molecule has 1 fully saturated rings. The van der Waals surface area contributed by atoms with Crippen LogP contribution in [0.5, 0.6) is 0 Å². The Morgan fingerprint density at radius 1 is 1.23 bits per heavy atom. The van der Waals surface area contributed by atoms with Crippen molar-refractivity contribution in [3.63, 3.8) is 0 Å². The van der Waals surface area contributed by atoms with Crippen LogP contribution in [0.4, 0.5) is 16.6 Å². The van der Waals surface area contributed by atoms with Crippen LogP contribution < -0.4 is 10.6 Å². The number of ether oxygens (including phenoxy) is 1. The molecule has 8 nitrogen and oxygen atoms in total. The van der Waals surface area contributed by atoms with Crippen molar-refractivity contribution in [1.82, 2.24) is 19.9 Å². The van der Waals surface area contributed by atoms with Gasteiger partial charge in [0.2, 0.25) is 5.95 Å². The Morgan fingerprint density at radius 3 is 2.73 bits per heavy atom. The normalized spacial score (nSPS) is 14.7. The fraction of sp³-hybridized carbons (Fsp3) is 0.444. The zero-order valence-electron chi connectivity index (χ0n) is 14.9. The van der Waals surface area contributed by atoms with Crippen LogP contribution in [0.2, 0.25) is 0 Å². The minimum absolute atomic E-state index is 0.232. The second kappa shape index (κ2) is 8.98. The van der Waals surface area contributed by atoms with E-state index in [0.717, 1.165) is 24.2 Å². The van der Waals surface area contributed by atoms with Gasteiger partial charge in [-0.2, -0.15) is 4.98 Å². The second-order valence-corrected chi connectivity index (χ2v) is 6.08. The summed E-state index contributed by atoms with van der Waals surface area (Å²) >= 11 is 0. The number of nitrogens with one attached hydrogen (secondary N) is 2. The van der Waals surface area contributed by atoms with Crippen molar-refractivity contribution in [3.8, 4) is 0 Å². The molecule has 3 heterocycles. The summed E-state index contributed by atoms with van der Waals surface area (Å²) in [4.78, 5) is 26.3. The Kier molecular flexibility index (Phi) is 6.19. The summed E-state index contributed by atoms with van der Waals surface area (Å²) in [6.07, 6.45) is 6.73. The Balaban J connectivity index is 1.49. The maximum absolute atomic E-state index is 11.7. The topological polar surface area (TPSA) is 92.3 Å². The van der Waals surface area contributed by atoms with Gasteiger partial charge in [0.15, 0.2) is 0 Å². The number of carbonyl (C=O) groups excluding carboxylic acids is 1. The molecular formula is C18H24N6O2. The molecule has 8 heteroatoms. The highest BCUT2D eigenvalue weighted by Crippen LogP contribution is 2.16. The van der Waals surface area contributed by atoms with Gasteiger partial charge in [-0.15, -0.1) is 0 Å². The van der Waals surface area contributed by atoms with Crippen LogP contribution in [-0.4, -0.2) is 51.7 Å². The zero-order chi connectivity index (χ0) is 18.2. The molecule has 26 heavy (non-hydrogen) atoms. The predicted molar refractivity (Wildman–Crippen MR) is 98.8 cm³/mol. The lowest BCUT2D eigenvalue weighted by molar-refractivity contribution is 0.0983. The molecule has 2 aromatic heterocycles. The van der Waals surface area contributed by atoms with Crippen LogP contribution in [-0.2, 0) is 11.3 Å². The summed E-state index contributed by atoms with van der Waals surface area (Å²) in [5.41, 5.74) is 1.14. The number of hydrogen-bond donors (Lipinski definition) is 2. The smallest absolute Gasteiger partial charge is 0.409 e. The first-order valence-electron chi connectivity index (χ1n) is 8.88. The van der Waals surface area contributed by atoms with E-state index in [0.29, 0.717) is 32.2 Å². The van der Waals surface area contributed by atoms with Gasteiger partial charge in [0.05, 0.1) is 6.61 Å². The first-order valence-corrected chi connectivity index (χ1v) is 8.88. The minimum Gasteiger partial charge on any atom is -0.450 e. The Labute approximate surface area is 153 Å². The zero-order valence-corrected chi connectivity index (χ0v) is 14.9. The second-order valence-electron chi connectivity index (χ2n) is 6.08. The molecule has 1 aliphatic rings. The molecule has 3 rings (SSSR count). The number of pyridine rings is 1.